The topological polar surface area (TPSA) is 46.5 Å². The molecule has 0 saturated heterocycles. The van der Waals surface area contributed by atoms with E-state index in [0.29, 0.717) is 6.61 Å². The minimum absolute atomic E-state index is 0.0521. The molecule has 1 aliphatic carbocycles. The summed E-state index contributed by atoms with van der Waals surface area (Å²) in [5, 5.41) is 8.17. The van der Waals surface area contributed by atoms with Crippen LogP contribution >= 0.6 is 0 Å². The van der Waals surface area contributed by atoms with Gasteiger partial charge in [-0.15, -0.1) is 0 Å². The average molecular weight is 236 g/mol. The Morgan fingerprint density at radius 3 is 2.29 bits per heavy atom. The fourth-order valence-electron chi connectivity index (χ4n) is 0.970. The van der Waals surface area contributed by atoms with Gasteiger partial charge in [0.1, 0.15) is 6.61 Å². The smallest absolute Gasteiger partial charge is 0.308 e. The van der Waals surface area contributed by atoms with E-state index in [4.69, 9.17) is 9.84 Å². The van der Waals surface area contributed by atoms with E-state index in [-0.39, 0.29) is 18.0 Å². The van der Waals surface area contributed by atoms with Crippen LogP contribution in [0.1, 0.15) is 32.3 Å². The minimum Gasteiger partial charge on any atom is -0.461 e. The lowest BCUT2D eigenvalue weighted by Crippen LogP contribution is -2.11. The van der Waals surface area contributed by atoms with Gasteiger partial charge in [0.25, 0.3) is 0 Å². The van der Waals surface area contributed by atoms with Crippen molar-refractivity contribution >= 4 is 5.97 Å². The van der Waals surface area contributed by atoms with Crippen molar-refractivity contribution in [2.75, 3.05) is 0 Å². The van der Waals surface area contributed by atoms with E-state index in [9.17, 15) is 4.79 Å². The lowest BCUT2D eigenvalue weighted by atomic mass is 10.2. The molecule has 0 heterocycles. The summed E-state index contributed by atoms with van der Waals surface area (Å²) in [7, 11) is 0. The molecular formula is C14H20O3. The molecular weight excluding hydrogens is 216 g/mol. The van der Waals surface area contributed by atoms with Crippen LogP contribution in [0.4, 0.5) is 0 Å². The van der Waals surface area contributed by atoms with Gasteiger partial charge in [-0.3, -0.25) is 4.79 Å². The molecule has 0 aromatic heterocycles. The van der Waals surface area contributed by atoms with Crippen molar-refractivity contribution < 1.29 is 14.6 Å². The first-order chi connectivity index (χ1) is 8.09. The Kier molecular flexibility index (Phi) is 5.70. The molecule has 0 unspecified atom stereocenters. The second-order valence-corrected chi connectivity index (χ2v) is 4.48. The highest BCUT2D eigenvalue weighted by atomic mass is 16.5. The molecule has 0 atom stereocenters. The summed E-state index contributed by atoms with van der Waals surface area (Å²) in [6, 6.07) is 9.67. The highest BCUT2D eigenvalue weighted by molar-refractivity contribution is 5.71. The normalized spacial score (nSPS) is 13.9. The quantitative estimate of drug-likeness (QED) is 0.820. The van der Waals surface area contributed by atoms with Crippen LogP contribution in [0.5, 0.6) is 0 Å². The number of aliphatic hydroxyl groups excluding tert-OH is 1. The summed E-state index contributed by atoms with van der Waals surface area (Å²) in [5.41, 5.74) is 1.02. The number of hydrogen-bond donors (Lipinski definition) is 1. The Morgan fingerprint density at radius 1 is 1.35 bits per heavy atom. The van der Waals surface area contributed by atoms with Gasteiger partial charge in [-0.1, -0.05) is 44.2 Å². The van der Waals surface area contributed by atoms with Crippen LogP contribution in [0.15, 0.2) is 30.3 Å². The maximum atomic E-state index is 11.1. The standard InChI is InChI=1S/C11H14O2.C3H6O/c1-9(2)11(12)13-8-10-6-4-3-5-7-10;4-3-1-2-3/h3-7,9H,8H2,1-2H3;3-4H,1-2H2. The van der Waals surface area contributed by atoms with Crippen LogP contribution in [0.25, 0.3) is 0 Å². The van der Waals surface area contributed by atoms with Crippen LogP contribution in [0.2, 0.25) is 0 Å². The summed E-state index contributed by atoms with van der Waals surface area (Å²) in [6.45, 7) is 4.03. The summed E-state index contributed by atoms with van der Waals surface area (Å²) in [6.07, 6.45) is 2.17. The molecule has 1 aromatic rings. The first-order valence-corrected chi connectivity index (χ1v) is 5.98. The van der Waals surface area contributed by atoms with E-state index < -0.39 is 0 Å². The van der Waals surface area contributed by atoms with Crippen LogP contribution in [-0.4, -0.2) is 17.2 Å². The SMILES string of the molecule is CC(C)C(=O)OCc1ccccc1.OC1CC1. The zero-order valence-electron chi connectivity index (χ0n) is 10.4. The number of carbonyl (C=O) groups is 1. The Morgan fingerprint density at radius 2 is 1.88 bits per heavy atom. The van der Waals surface area contributed by atoms with Crippen molar-refractivity contribution in [2.45, 2.75) is 39.4 Å². The predicted molar refractivity (Wildman–Crippen MR) is 66.3 cm³/mol. The van der Waals surface area contributed by atoms with E-state index in [1.807, 2.05) is 44.2 Å². The van der Waals surface area contributed by atoms with E-state index in [1.54, 1.807) is 0 Å². The first-order valence-electron chi connectivity index (χ1n) is 5.98. The fraction of sp³-hybridized carbons (Fsp3) is 0.500. The molecule has 1 saturated carbocycles. The molecule has 1 fully saturated rings. The maximum Gasteiger partial charge on any atom is 0.308 e. The first kappa shape index (κ1) is 13.7. The number of hydrogen-bond acceptors (Lipinski definition) is 3. The predicted octanol–water partition coefficient (Wildman–Crippen LogP) is 2.53. The van der Waals surface area contributed by atoms with Crippen LogP contribution < -0.4 is 0 Å². The molecule has 2 rings (SSSR count). The molecule has 17 heavy (non-hydrogen) atoms. The fourth-order valence-corrected chi connectivity index (χ4v) is 0.970. The largest absolute Gasteiger partial charge is 0.461 e. The molecule has 1 aliphatic rings. The lowest BCUT2D eigenvalue weighted by molar-refractivity contribution is -0.148. The molecule has 3 nitrogen and oxygen atoms in total. The third-order valence-corrected chi connectivity index (χ3v) is 2.24. The van der Waals surface area contributed by atoms with E-state index in [1.165, 1.54) is 0 Å². The van der Waals surface area contributed by atoms with Crippen molar-refractivity contribution in [3.8, 4) is 0 Å². The van der Waals surface area contributed by atoms with E-state index in [2.05, 4.69) is 0 Å². The van der Waals surface area contributed by atoms with Gasteiger partial charge in [-0.2, -0.15) is 0 Å². The average Bonchev–Trinajstić information content (AvgIpc) is 3.10. The van der Waals surface area contributed by atoms with Gasteiger partial charge in [0.05, 0.1) is 12.0 Å². The van der Waals surface area contributed by atoms with E-state index >= 15 is 0 Å². The number of benzene rings is 1. The Bertz CT molecular complexity index is 329. The lowest BCUT2D eigenvalue weighted by Gasteiger charge is -2.06. The van der Waals surface area contributed by atoms with Crippen molar-refractivity contribution in [2.24, 2.45) is 5.92 Å². The zero-order chi connectivity index (χ0) is 12.7. The van der Waals surface area contributed by atoms with Crippen molar-refractivity contribution in [1.29, 1.82) is 0 Å². The highest BCUT2D eigenvalue weighted by Crippen LogP contribution is 2.16. The Balaban J connectivity index is 0.000000302. The summed E-state index contributed by atoms with van der Waals surface area (Å²) < 4.78 is 5.05. The molecule has 0 bridgehead atoms. The number of aliphatic hydroxyl groups is 1. The molecule has 94 valence electrons. The Hall–Kier alpha value is -1.35. The molecule has 0 amide bonds. The van der Waals surface area contributed by atoms with Crippen molar-refractivity contribution in [3.05, 3.63) is 35.9 Å². The van der Waals surface area contributed by atoms with Gasteiger partial charge >= 0.3 is 5.97 Å². The van der Waals surface area contributed by atoms with Gasteiger partial charge < -0.3 is 9.84 Å². The van der Waals surface area contributed by atoms with Gasteiger partial charge in [0, 0.05) is 0 Å². The van der Waals surface area contributed by atoms with Crippen molar-refractivity contribution in [3.63, 3.8) is 0 Å². The molecule has 1 aromatic carbocycles. The Labute approximate surface area is 102 Å². The van der Waals surface area contributed by atoms with Crippen molar-refractivity contribution in [1.82, 2.24) is 0 Å². The third-order valence-electron chi connectivity index (χ3n) is 2.24. The number of esters is 1. The van der Waals surface area contributed by atoms with Gasteiger partial charge in [-0.25, -0.2) is 0 Å². The summed E-state index contributed by atoms with van der Waals surface area (Å²) in [4.78, 5) is 11.1. The zero-order valence-corrected chi connectivity index (χ0v) is 10.4. The third kappa shape index (κ3) is 6.74. The second kappa shape index (κ2) is 7.07. The summed E-state index contributed by atoms with van der Waals surface area (Å²) in [5.74, 6) is -0.201. The van der Waals surface area contributed by atoms with E-state index in [0.717, 1.165) is 18.4 Å². The molecule has 0 aliphatic heterocycles. The number of ether oxygens (including phenoxy) is 1. The van der Waals surface area contributed by atoms with Gasteiger partial charge in [0.2, 0.25) is 0 Å². The van der Waals surface area contributed by atoms with Gasteiger partial charge in [0.15, 0.2) is 0 Å². The second-order valence-electron chi connectivity index (χ2n) is 4.48. The monoisotopic (exact) mass is 236 g/mol. The number of carbonyl (C=O) groups excluding carboxylic acids is 1. The summed E-state index contributed by atoms with van der Waals surface area (Å²) >= 11 is 0. The van der Waals surface area contributed by atoms with Crippen LogP contribution in [-0.2, 0) is 16.1 Å². The highest BCUT2D eigenvalue weighted by Gasteiger charge is 2.15. The van der Waals surface area contributed by atoms with Crippen LogP contribution in [0.3, 0.4) is 0 Å². The van der Waals surface area contributed by atoms with Gasteiger partial charge in [-0.05, 0) is 18.4 Å². The molecule has 0 radical (unpaired) electrons. The molecule has 1 N–H and O–H groups in total. The minimum atomic E-state index is -0.149. The molecule has 0 spiro atoms. The molecule has 3 heteroatoms. The number of rotatable bonds is 3. The van der Waals surface area contributed by atoms with Crippen LogP contribution in [0, 0.1) is 5.92 Å². The maximum absolute atomic E-state index is 11.1.